The number of amides is 1. The Labute approximate surface area is 163 Å². The van der Waals surface area contributed by atoms with Crippen LogP contribution in [0.25, 0.3) is 0 Å². The van der Waals surface area contributed by atoms with E-state index in [9.17, 15) is 13.2 Å². The van der Waals surface area contributed by atoms with Gasteiger partial charge in [0.2, 0.25) is 15.9 Å². The van der Waals surface area contributed by atoms with Crippen molar-refractivity contribution in [2.75, 3.05) is 25.4 Å². The number of rotatable bonds is 9. The molecule has 1 saturated heterocycles. The summed E-state index contributed by atoms with van der Waals surface area (Å²) in [5, 5.41) is 3.03. The van der Waals surface area contributed by atoms with E-state index in [1.165, 1.54) is 4.31 Å². The summed E-state index contributed by atoms with van der Waals surface area (Å²) in [7, 11) is -3.24. The molecule has 1 N–H and O–H groups in total. The highest BCUT2D eigenvalue weighted by molar-refractivity contribution is 7.89. The molecule has 0 aliphatic carbocycles. The third-order valence-electron chi connectivity index (χ3n) is 5.02. The number of nitrogens with zero attached hydrogens (tertiary/aromatic N) is 1. The van der Waals surface area contributed by atoms with Crippen LogP contribution in [-0.4, -0.2) is 44.1 Å². The molecule has 1 fully saturated rings. The Kier molecular flexibility index (Phi) is 8.10. The highest BCUT2D eigenvalue weighted by Gasteiger charge is 2.31. The van der Waals surface area contributed by atoms with Gasteiger partial charge in [0.25, 0.3) is 0 Å². The fourth-order valence-electron chi connectivity index (χ4n) is 3.19. The minimum atomic E-state index is -3.24. The predicted molar refractivity (Wildman–Crippen MR) is 107 cm³/mol. The van der Waals surface area contributed by atoms with E-state index in [1.807, 2.05) is 31.2 Å². The van der Waals surface area contributed by atoms with Crippen LogP contribution in [-0.2, 0) is 14.8 Å². The highest BCUT2D eigenvalue weighted by atomic mass is 32.2. The molecule has 27 heavy (non-hydrogen) atoms. The second-order valence-electron chi connectivity index (χ2n) is 7.10. The van der Waals surface area contributed by atoms with Gasteiger partial charge >= 0.3 is 0 Å². The quantitative estimate of drug-likeness (QED) is 0.651. The van der Waals surface area contributed by atoms with E-state index in [0.717, 1.165) is 37.0 Å². The second-order valence-corrected chi connectivity index (χ2v) is 9.36. The molecule has 0 bridgehead atoms. The maximum atomic E-state index is 12.6. The van der Waals surface area contributed by atoms with E-state index in [1.54, 1.807) is 6.92 Å². The number of piperidine rings is 1. The van der Waals surface area contributed by atoms with Crippen molar-refractivity contribution in [3.8, 4) is 5.75 Å². The molecule has 0 saturated carbocycles. The molecule has 152 valence electrons. The number of hydrogen-bond donors (Lipinski definition) is 1. The summed E-state index contributed by atoms with van der Waals surface area (Å²) in [6.07, 6.45) is 3.56. The lowest BCUT2D eigenvalue weighted by atomic mass is 9.98. The molecule has 6 nitrogen and oxygen atoms in total. The predicted octanol–water partition coefficient (Wildman–Crippen LogP) is 3.10. The van der Waals surface area contributed by atoms with Crippen molar-refractivity contribution >= 4 is 15.9 Å². The summed E-state index contributed by atoms with van der Waals surface area (Å²) in [5.41, 5.74) is 1.00. The molecule has 0 aromatic heterocycles. The SMILES string of the molecule is CCCCOc1ccc([C@@H](C)NC(=O)[C@@H]2CCCN(S(=O)(=O)CC)C2)cc1. The zero-order valence-corrected chi connectivity index (χ0v) is 17.4. The van der Waals surface area contributed by atoms with Gasteiger partial charge in [0.1, 0.15) is 5.75 Å². The van der Waals surface area contributed by atoms with Crippen LogP contribution in [0.15, 0.2) is 24.3 Å². The molecule has 1 aliphatic heterocycles. The second kappa shape index (κ2) is 10.1. The Hall–Kier alpha value is -1.60. The molecule has 1 aromatic rings. The first kappa shape index (κ1) is 21.7. The molecule has 0 radical (unpaired) electrons. The van der Waals surface area contributed by atoms with Gasteiger partial charge in [-0.1, -0.05) is 25.5 Å². The van der Waals surface area contributed by atoms with Gasteiger partial charge in [-0.2, -0.15) is 0 Å². The Balaban J connectivity index is 1.91. The van der Waals surface area contributed by atoms with Crippen LogP contribution in [0.1, 0.15) is 58.1 Å². The number of carbonyl (C=O) groups excluding carboxylic acids is 1. The lowest BCUT2D eigenvalue weighted by molar-refractivity contribution is -0.126. The Morgan fingerprint density at radius 2 is 2.00 bits per heavy atom. The number of benzene rings is 1. The molecule has 0 unspecified atom stereocenters. The molecule has 1 aromatic carbocycles. The maximum absolute atomic E-state index is 12.6. The van der Waals surface area contributed by atoms with Crippen molar-refractivity contribution in [3.05, 3.63) is 29.8 Å². The average molecular weight is 397 g/mol. The summed E-state index contributed by atoms with van der Waals surface area (Å²) >= 11 is 0. The highest BCUT2D eigenvalue weighted by Crippen LogP contribution is 2.22. The number of sulfonamides is 1. The molecule has 0 spiro atoms. The van der Waals surface area contributed by atoms with Gasteiger partial charge < -0.3 is 10.1 Å². The normalized spacial score (nSPS) is 19.4. The standard InChI is InChI=1S/C20H32N2O4S/c1-4-6-14-26-19-11-9-17(10-12-19)16(3)21-20(23)18-8-7-13-22(15-18)27(24,25)5-2/h9-12,16,18H,4-8,13-15H2,1-3H3,(H,21,23)/t16-,18-/m1/s1. The van der Waals surface area contributed by atoms with Crippen molar-refractivity contribution in [2.24, 2.45) is 5.92 Å². The largest absolute Gasteiger partial charge is 0.494 e. The first-order valence-corrected chi connectivity index (χ1v) is 11.5. The van der Waals surface area contributed by atoms with Crippen LogP contribution in [0.2, 0.25) is 0 Å². The molecule has 1 heterocycles. The average Bonchev–Trinajstić information content (AvgIpc) is 2.68. The van der Waals surface area contributed by atoms with Crippen LogP contribution < -0.4 is 10.1 Å². The van der Waals surface area contributed by atoms with E-state index in [2.05, 4.69) is 12.2 Å². The topological polar surface area (TPSA) is 75.7 Å². The van der Waals surface area contributed by atoms with Crippen LogP contribution in [0.5, 0.6) is 5.75 Å². The van der Waals surface area contributed by atoms with E-state index in [-0.39, 0.29) is 30.2 Å². The third-order valence-corrected chi connectivity index (χ3v) is 6.87. The zero-order valence-electron chi connectivity index (χ0n) is 16.6. The molecule has 2 rings (SSSR count). The number of unbranched alkanes of at least 4 members (excludes halogenated alkanes) is 1. The molecular formula is C20H32N2O4S. The minimum absolute atomic E-state index is 0.0738. The van der Waals surface area contributed by atoms with Gasteiger partial charge in [-0.25, -0.2) is 12.7 Å². The van der Waals surface area contributed by atoms with Crippen LogP contribution in [0, 0.1) is 5.92 Å². The number of hydrogen-bond acceptors (Lipinski definition) is 4. The lowest BCUT2D eigenvalue weighted by Gasteiger charge is -2.31. The smallest absolute Gasteiger partial charge is 0.224 e. The van der Waals surface area contributed by atoms with E-state index in [0.29, 0.717) is 13.2 Å². The molecule has 1 amide bonds. The van der Waals surface area contributed by atoms with E-state index >= 15 is 0 Å². The first-order chi connectivity index (χ1) is 12.9. The summed E-state index contributed by atoms with van der Waals surface area (Å²) in [4.78, 5) is 12.6. The van der Waals surface area contributed by atoms with Gasteiger partial charge in [0.15, 0.2) is 0 Å². The molecule has 7 heteroatoms. The minimum Gasteiger partial charge on any atom is -0.494 e. The summed E-state index contributed by atoms with van der Waals surface area (Å²) in [6, 6.07) is 7.62. The van der Waals surface area contributed by atoms with Gasteiger partial charge in [-0.3, -0.25) is 4.79 Å². The summed E-state index contributed by atoms with van der Waals surface area (Å²) in [5.74, 6) is 0.532. The van der Waals surface area contributed by atoms with Crippen molar-refractivity contribution < 1.29 is 17.9 Å². The summed E-state index contributed by atoms with van der Waals surface area (Å²) in [6.45, 7) is 7.19. The number of carbonyl (C=O) groups is 1. The number of nitrogens with one attached hydrogen (secondary N) is 1. The van der Waals surface area contributed by atoms with Crippen molar-refractivity contribution in [1.82, 2.24) is 9.62 Å². The van der Waals surface area contributed by atoms with Crippen LogP contribution in [0.4, 0.5) is 0 Å². The van der Waals surface area contributed by atoms with Gasteiger partial charge in [-0.05, 0) is 50.8 Å². The van der Waals surface area contributed by atoms with E-state index in [4.69, 9.17) is 4.74 Å². The van der Waals surface area contributed by atoms with Gasteiger partial charge in [0, 0.05) is 13.1 Å². The van der Waals surface area contributed by atoms with Gasteiger partial charge in [-0.15, -0.1) is 0 Å². The number of ether oxygens (including phenoxy) is 1. The van der Waals surface area contributed by atoms with Crippen molar-refractivity contribution in [1.29, 1.82) is 0 Å². The first-order valence-electron chi connectivity index (χ1n) is 9.88. The van der Waals surface area contributed by atoms with Crippen molar-refractivity contribution in [3.63, 3.8) is 0 Å². The molecule has 1 aliphatic rings. The van der Waals surface area contributed by atoms with Crippen molar-refractivity contribution in [2.45, 2.75) is 52.5 Å². The fourth-order valence-corrected chi connectivity index (χ4v) is 4.37. The van der Waals surface area contributed by atoms with Crippen LogP contribution >= 0.6 is 0 Å². The molecular weight excluding hydrogens is 364 g/mol. The zero-order chi connectivity index (χ0) is 19.9. The van der Waals surface area contributed by atoms with Crippen LogP contribution in [0.3, 0.4) is 0 Å². The fraction of sp³-hybridized carbons (Fsp3) is 0.650. The van der Waals surface area contributed by atoms with E-state index < -0.39 is 10.0 Å². The monoisotopic (exact) mass is 396 g/mol. The lowest BCUT2D eigenvalue weighted by Crippen LogP contribution is -2.46. The Morgan fingerprint density at radius 1 is 1.30 bits per heavy atom. The maximum Gasteiger partial charge on any atom is 0.224 e. The summed E-state index contributed by atoms with van der Waals surface area (Å²) < 4.78 is 31.3. The Bertz CT molecular complexity index is 703. The van der Waals surface area contributed by atoms with Gasteiger partial charge in [0.05, 0.1) is 24.3 Å². The molecule has 2 atom stereocenters. The third kappa shape index (κ3) is 6.21. The Morgan fingerprint density at radius 3 is 2.63 bits per heavy atom.